The minimum Gasteiger partial charge on any atom is -0.443 e. The van der Waals surface area contributed by atoms with Gasteiger partial charge in [0.2, 0.25) is 11.8 Å². The summed E-state index contributed by atoms with van der Waals surface area (Å²) in [5.41, 5.74) is 5.72. The van der Waals surface area contributed by atoms with Gasteiger partial charge in [0.05, 0.1) is 12.4 Å². The van der Waals surface area contributed by atoms with E-state index in [4.69, 9.17) is 8.83 Å². The number of hydrogen-bond donors (Lipinski definition) is 0. The maximum atomic E-state index is 5.39. The molecule has 188 valence electrons. The first-order valence-corrected chi connectivity index (χ1v) is 12.9. The summed E-state index contributed by atoms with van der Waals surface area (Å²) in [5.74, 6) is 1.03. The molecule has 0 amide bonds. The molecule has 0 spiro atoms. The van der Waals surface area contributed by atoms with Gasteiger partial charge in [0.15, 0.2) is 0 Å². The number of hydrogen-bond acceptors (Lipinski definition) is 6. The molecule has 0 bridgehead atoms. The quantitative estimate of drug-likeness (QED) is 0.218. The molecule has 40 heavy (non-hydrogen) atoms. The van der Waals surface area contributed by atoms with Crippen LogP contribution in [-0.2, 0) is 0 Å². The van der Waals surface area contributed by atoms with Crippen molar-refractivity contribution in [2.75, 3.05) is 0 Å². The molecule has 0 aliphatic heterocycles. The van der Waals surface area contributed by atoms with Crippen molar-refractivity contribution in [3.8, 4) is 45.4 Å². The first kappa shape index (κ1) is 22.4. The summed E-state index contributed by atoms with van der Waals surface area (Å²) in [6.45, 7) is 0. The molecule has 0 saturated heterocycles. The maximum Gasteiger partial charge on any atom is 0.244 e. The van der Waals surface area contributed by atoms with Crippen LogP contribution in [0.2, 0.25) is 0 Å². The third-order valence-corrected chi connectivity index (χ3v) is 7.33. The van der Waals surface area contributed by atoms with Gasteiger partial charge in [-0.05, 0) is 67.7 Å². The van der Waals surface area contributed by atoms with Crippen molar-refractivity contribution in [2.45, 2.75) is 0 Å². The molecule has 8 aromatic rings. The summed E-state index contributed by atoms with van der Waals surface area (Å²) in [5, 5.41) is 7.28. The molecule has 4 aromatic carbocycles. The predicted octanol–water partition coefficient (Wildman–Crippen LogP) is 8.58. The number of pyridine rings is 2. The SMILES string of the molecule is c1ccc2c(c1)c1cc(-c3ccc(-c4ncco4)nc3)ccc1c1ccc(-c3ccc(-c4ncco4)nc3)cc21. The Labute approximate surface area is 228 Å². The Bertz CT molecular complexity index is 1960. The molecule has 4 aromatic heterocycles. The van der Waals surface area contributed by atoms with Gasteiger partial charge in [-0.15, -0.1) is 0 Å². The summed E-state index contributed by atoms with van der Waals surface area (Å²) in [6, 6.07) is 29.9. The van der Waals surface area contributed by atoms with Crippen molar-refractivity contribution in [1.82, 2.24) is 19.9 Å². The van der Waals surface area contributed by atoms with Crippen LogP contribution in [0.4, 0.5) is 0 Å². The summed E-state index contributed by atoms with van der Waals surface area (Å²) >= 11 is 0. The average molecular weight is 517 g/mol. The fraction of sp³-hybridized carbons (Fsp3) is 0. The lowest BCUT2D eigenvalue weighted by Crippen LogP contribution is -1.88. The normalized spacial score (nSPS) is 11.5. The number of fused-ring (bicyclic) bond motifs is 6. The van der Waals surface area contributed by atoms with Crippen LogP contribution in [0.25, 0.3) is 77.7 Å². The van der Waals surface area contributed by atoms with Crippen LogP contribution in [0.5, 0.6) is 0 Å². The van der Waals surface area contributed by atoms with E-state index in [-0.39, 0.29) is 0 Å². The lowest BCUT2D eigenvalue weighted by atomic mass is 9.90. The predicted molar refractivity (Wildman–Crippen MR) is 156 cm³/mol. The van der Waals surface area contributed by atoms with Crippen LogP contribution in [0.15, 0.2) is 131 Å². The molecule has 0 atom stereocenters. The number of aromatic nitrogens is 4. The average Bonchev–Trinajstić information content (AvgIpc) is 3.77. The van der Waals surface area contributed by atoms with Crippen molar-refractivity contribution in [1.29, 1.82) is 0 Å². The minimum absolute atomic E-state index is 0.517. The largest absolute Gasteiger partial charge is 0.443 e. The summed E-state index contributed by atoms with van der Waals surface area (Å²) in [6.07, 6.45) is 10.1. The van der Waals surface area contributed by atoms with Gasteiger partial charge < -0.3 is 8.83 Å². The van der Waals surface area contributed by atoms with Crippen molar-refractivity contribution in [3.63, 3.8) is 0 Å². The van der Waals surface area contributed by atoms with Crippen LogP contribution in [-0.4, -0.2) is 19.9 Å². The second kappa shape index (κ2) is 8.99. The number of nitrogens with zero attached hydrogens (tertiary/aromatic N) is 4. The van der Waals surface area contributed by atoms with E-state index >= 15 is 0 Å². The Hall–Kier alpha value is -5.62. The first-order chi connectivity index (χ1) is 19.8. The highest BCUT2D eigenvalue weighted by molar-refractivity contribution is 6.26. The number of rotatable bonds is 4. The highest BCUT2D eigenvalue weighted by Gasteiger charge is 2.13. The highest BCUT2D eigenvalue weighted by Crippen LogP contribution is 2.39. The third-order valence-electron chi connectivity index (χ3n) is 7.33. The maximum absolute atomic E-state index is 5.39. The monoisotopic (exact) mass is 516 g/mol. The van der Waals surface area contributed by atoms with Crippen molar-refractivity contribution in [2.24, 2.45) is 0 Å². The third kappa shape index (κ3) is 3.66. The first-order valence-electron chi connectivity index (χ1n) is 12.9. The molecule has 0 unspecified atom stereocenters. The van der Waals surface area contributed by atoms with Crippen LogP contribution >= 0.6 is 0 Å². The molecule has 0 radical (unpaired) electrons. The topological polar surface area (TPSA) is 77.8 Å². The van der Waals surface area contributed by atoms with Crippen LogP contribution < -0.4 is 0 Å². The molecular formula is C34H20N4O2. The van der Waals surface area contributed by atoms with E-state index in [0.717, 1.165) is 22.3 Å². The van der Waals surface area contributed by atoms with Crippen LogP contribution in [0.3, 0.4) is 0 Å². The van der Waals surface area contributed by atoms with Gasteiger partial charge in [-0.3, -0.25) is 9.97 Å². The minimum atomic E-state index is 0.517. The number of benzene rings is 4. The molecule has 0 aliphatic carbocycles. The lowest BCUT2D eigenvalue weighted by Gasteiger charge is -2.13. The van der Waals surface area contributed by atoms with Gasteiger partial charge in [-0.25, -0.2) is 9.97 Å². The fourth-order valence-corrected chi connectivity index (χ4v) is 5.40. The van der Waals surface area contributed by atoms with Gasteiger partial charge >= 0.3 is 0 Å². The zero-order valence-corrected chi connectivity index (χ0v) is 21.2. The van der Waals surface area contributed by atoms with Crippen molar-refractivity contribution < 1.29 is 8.83 Å². The zero-order valence-electron chi connectivity index (χ0n) is 21.2. The molecule has 0 aliphatic rings. The second-order valence-electron chi connectivity index (χ2n) is 9.61. The molecular weight excluding hydrogens is 496 g/mol. The molecule has 4 heterocycles. The lowest BCUT2D eigenvalue weighted by molar-refractivity contribution is 0.572. The fourth-order valence-electron chi connectivity index (χ4n) is 5.40. The molecule has 0 saturated carbocycles. The Morgan fingerprint density at radius 2 is 0.850 bits per heavy atom. The Kier molecular flexibility index (Phi) is 5.03. The Morgan fingerprint density at radius 3 is 1.25 bits per heavy atom. The standard InChI is InChI=1S/C34H20N4O2/c1-2-4-26-25(3-1)29-17-21(23-7-11-31(37-19-23)33-35-13-15-39-33)5-9-27(29)28-10-6-22(18-30(26)28)24-8-12-32(38-20-24)34-36-14-16-40-34/h1-20H. The smallest absolute Gasteiger partial charge is 0.244 e. The molecule has 0 fully saturated rings. The number of oxazole rings is 2. The zero-order chi connectivity index (χ0) is 26.5. The van der Waals surface area contributed by atoms with E-state index in [1.807, 2.05) is 24.5 Å². The Morgan fingerprint density at radius 1 is 0.400 bits per heavy atom. The van der Waals surface area contributed by atoms with Crippen molar-refractivity contribution >= 4 is 32.3 Å². The van der Waals surface area contributed by atoms with E-state index in [1.165, 1.54) is 32.3 Å². The van der Waals surface area contributed by atoms with Crippen LogP contribution in [0, 0.1) is 0 Å². The van der Waals surface area contributed by atoms with Gasteiger partial charge in [-0.2, -0.15) is 0 Å². The molecule has 6 heteroatoms. The summed E-state index contributed by atoms with van der Waals surface area (Å²) in [4.78, 5) is 17.5. The highest BCUT2D eigenvalue weighted by atomic mass is 16.3. The summed E-state index contributed by atoms with van der Waals surface area (Å²) in [7, 11) is 0. The van der Waals surface area contributed by atoms with Gasteiger partial charge in [0.25, 0.3) is 0 Å². The van der Waals surface area contributed by atoms with Gasteiger partial charge in [0, 0.05) is 23.5 Å². The summed E-state index contributed by atoms with van der Waals surface area (Å²) < 4.78 is 10.8. The molecule has 8 rings (SSSR count). The Balaban J connectivity index is 1.25. The van der Waals surface area contributed by atoms with Gasteiger partial charge in [0.1, 0.15) is 23.9 Å². The molecule has 6 nitrogen and oxygen atoms in total. The van der Waals surface area contributed by atoms with E-state index in [1.54, 1.807) is 24.9 Å². The molecule has 0 N–H and O–H groups in total. The van der Waals surface area contributed by atoms with Crippen LogP contribution in [0.1, 0.15) is 0 Å². The van der Waals surface area contributed by atoms with Gasteiger partial charge in [-0.1, -0.05) is 60.7 Å². The van der Waals surface area contributed by atoms with E-state index < -0.39 is 0 Å². The van der Waals surface area contributed by atoms with E-state index in [0.29, 0.717) is 23.2 Å². The van der Waals surface area contributed by atoms with Crippen molar-refractivity contribution in [3.05, 3.63) is 122 Å². The second-order valence-corrected chi connectivity index (χ2v) is 9.61. The van der Waals surface area contributed by atoms with E-state index in [9.17, 15) is 0 Å². The van der Waals surface area contributed by atoms with E-state index in [2.05, 4.69) is 92.7 Å².